The van der Waals surface area contributed by atoms with Crippen LogP contribution < -0.4 is 0 Å². The highest BCUT2D eigenvalue weighted by molar-refractivity contribution is 6.67. The van der Waals surface area contributed by atoms with E-state index < -0.39 is 47.4 Å². The molecule has 0 aliphatic carbocycles. The van der Waals surface area contributed by atoms with Crippen molar-refractivity contribution in [2.24, 2.45) is 0 Å². The van der Waals surface area contributed by atoms with Crippen LogP contribution in [0, 0.1) is 0 Å². The van der Waals surface area contributed by atoms with Crippen molar-refractivity contribution in [1.29, 1.82) is 0 Å². The van der Waals surface area contributed by atoms with Gasteiger partial charge in [0, 0.05) is 0 Å². The van der Waals surface area contributed by atoms with Gasteiger partial charge >= 0.3 is 0 Å². The third kappa shape index (κ3) is 2.65. The summed E-state index contributed by atoms with van der Waals surface area (Å²) in [6.07, 6.45) is -6.33. The summed E-state index contributed by atoms with van der Waals surface area (Å²) < 4.78 is 13.8. The first kappa shape index (κ1) is 14.0. The van der Waals surface area contributed by atoms with Crippen molar-refractivity contribution < 1.29 is 29.5 Å². The maximum atomic E-state index is 9.81. The number of rotatable bonds is 2. The van der Waals surface area contributed by atoms with E-state index in [4.69, 9.17) is 54.1 Å². The van der Waals surface area contributed by atoms with E-state index in [0.717, 1.165) is 0 Å². The highest BCUT2D eigenvalue weighted by Gasteiger charge is 2.57. The lowest BCUT2D eigenvalue weighted by atomic mass is 10.1. The molecule has 6 nitrogen and oxygen atoms in total. The quantitative estimate of drug-likeness (QED) is 0.598. The van der Waals surface area contributed by atoms with Crippen LogP contribution in [-0.2, 0) is 14.2 Å². The van der Waals surface area contributed by atoms with Gasteiger partial charge in [0.1, 0.15) is 24.4 Å². The second kappa shape index (κ2) is 4.96. The Bertz CT molecular complexity index is 285. The molecular formula is C8H11Cl3O6. The summed E-state index contributed by atoms with van der Waals surface area (Å²) >= 11 is 16.7. The Kier molecular flexibility index (Phi) is 4.10. The van der Waals surface area contributed by atoms with Gasteiger partial charge in [-0.15, -0.1) is 0 Å². The van der Waals surface area contributed by atoms with E-state index >= 15 is 0 Å². The number of hydrogen-bond donors (Lipinski definition) is 3. The van der Waals surface area contributed by atoms with E-state index in [2.05, 4.69) is 0 Å². The molecule has 0 unspecified atom stereocenters. The Morgan fingerprint density at radius 3 is 2.29 bits per heavy atom. The highest BCUT2D eigenvalue weighted by atomic mass is 35.6. The monoisotopic (exact) mass is 308 g/mol. The topological polar surface area (TPSA) is 88.4 Å². The smallest absolute Gasteiger partial charge is 0.241 e. The molecule has 9 heteroatoms. The third-order valence-electron chi connectivity index (χ3n) is 2.60. The van der Waals surface area contributed by atoms with E-state index in [9.17, 15) is 10.2 Å². The van der Waals surface area contributed by atoms with Gasteiger partial charge in [0.25, 0.3) is 0 Å². The molecule has 0 bridgehead atoms. The van der Waals surface area contributed by atoms with Gasteiger partial charge < -0.3 is 29.5 Å². The van der Waals surface area contributed by atoms with Crippen LogP contribution in [0.5, 0.6) is 0 Å². The van der Waals surface area contributed by atoms with Gasteiger partial charge in [-0.3, -0.25) is 0 Å². The van der Waals surface area contributed by atoms with E-state index in [1.165, 1.54) is 0 Å². The van der Waals surface area contributed by atoms with Crippen LogP contribution in [0.1, 0.15) is 0 Å². The molecule has 6 atom stereocenters. The number of halogens is 3. The minimum atomic E-state index is -1.79. The van der Waals surface area contributed by atoms with Crippen molar-refractivity contribution in [2.45, 2.75) is 40.8 Å². The summed E-state index contributed by atoms with van der Waals surface area (Å²) in [6.45, 7) is -0.547. The maximum Gasteiger partial charge on any atom is 0.241 e. The second-order valence-electron chi connectivity index (χ2n) is 3.82. The molecular weight excluding hydrogens is 298 g/mol. The number of alkyl halides is 3. The second-order valence-corrected chi connectivity index (χ2v) is 6.19. The predicted octanol–water partition coefficient (Wildman–Crippen LogP) is -0.463. The van der Waals surface area contributed by atoms with Gasteiger partial charge in [0.2, 0.25) is 10.1 Å². The summed E-state index contributed by atoms with van der Waals surface area (Å²) in [5.74, 6) is 0. The predicted molar refractivity (Wildman–Crippen MR) is 57.8 cm³/mol. The average molecular weight is 310 g/mol. The van der Waals surface area contributed by atoms with E-state index in [1.807, 2.05) is 0 Å². The Morgan fingerprint density at radius 1 is 1.18 bits per heavy atom. The Labute approximate surface area is 112 Å². The fraction of sp³-hybridized carbons (Fsp3) is 1.00. The van der Waals surface area contributed by atoms with Crippen LogP contribution in [0.25, 0.3) is 0 Å². The molecule has 2 saturated heterocycles. The van der Waals surface area contributed by atoms with Crippen molar-refractivity contribution in [3.63, 3.8) is 0 Å². The normalized spacial score (nSPS) is 43.8. The van der Waals surface area contributed by atoms with Crippen LogP contribution in [0.15, 0.2) is 0 Å². The van der Waals surface area contributed by atoms with Crippen molar-refractivity contribution in [3.05, 3.63) is 0 Å². The van der Waals surface area contributed by atoms with Crippen LogP contribution in [0.3, 0.4) is 0 Å². The number of hydrogen-bond acceptors (Lipinski definition) is 6. The van der Waals surface area contributed by atoms with Gasteiger partial charge in [-0.25, -0.2) is 0 Å². The van der Waals surface area contributed by atoms with Crippen LogP contribution in [0.4, 0.5) is 0 Å². The molecule has 0 aromatic rings. The average Bonchev–Trinajstić information content (AvgIpc) is 2.77. The number of fused-ring (bicyclic) bond motifs is 1. The first-order valence-corrected chi connectivity index (χ1v) is 5.98. The van der Waals surface area contributed by atoms with Crippen LogP contribution >= 0.6 is 34.8 Å². The molecule has 0 saturated carbocycles. The lowest BCUT2D eigenvalue weighted by Crippen LogP contribution is -2.42. The van der Waals surface area contributed by atoms with Crippen molar-refractivity contribution in [2.75, 3.05) is 6.61 Å². The van der Waals surface area contributed by atoms with Gasteiger partial charge in [0.15, 0.2) is 6.29 Å². The molecule has 2 fully saturated rings. The molecule has 100 valence electrons. The zero-order valence-electron chi connectivity index (χ0n) is 8.37. The first-order valence-electron chi connectivity index (χ1n) is 4.84. The summed E-state index contributed by atoms with van der Waals surface area (Å²) in [6, 6.07) is 0. The molecule has 2 aliphatic rings. The standard InChI is InChI=1S/C8H11Cl3O6/c9-8(10,11)7-16-5-3(14)4(2(13)1-12)15-6(5)17-7/h2-7,12-14H,1H2/t2-,3+,4+,5+,6+,7+/m0/s1. The zero-order valence-corrected chi connectivity index (χ0v) is 10.6. The zero-order chi connectivity index (χ0) is 12.8. The van der Waals surface area contributed by atoms with E-state index in [-0.39, 0.29) is 0 Å². The maximum absolute atomic E-state index is 9.81. The summed E-state index contributed by atoms with van der Waals surface area (Å²) in [4.78, 5) is 0. The molecule has 0 spiro atoms. The van der Waals surface area contributed by atoms with Gasteiger partial charge in [-0.05, 0) is 0 Å². The van der Waals surface area contributed by atoms with E-state index in [1.54, 1.807) is 0 Å². The molecule has 0 aromatic carbocycles. The Hall–Kier alpha value is 0.630. The Morgan fingerprint density at radius 2 is 1.82 bits per heavy atom. The van der Waals surface area contributed by atoms with Crippen molar-refractivity contribution in [3.8, 4) is 0 Å². The van der Waals surface area contributed by atoms with Crippen LogP contribution in [-0.4, -0.2) is 62.7 Å². The lowest BCUT2D eigenvalue weighted by Gasteiger charge is -2.24. The summed E-state index contributed by atoms with van der Waals surface area (Å²) in [5, 5.41) is 28.0. The third-order valence-corrected chi connectivity index (χ3v) is 3.14. The summed E-state index contributed by atoms with van der Waals surface area (Å²) in [5.41, 5.74) is 0. The SMILES string of the molecule is OC[C@H](O)[C@H]1O[C@@H]2O[C@H](C(Cl)(Cl)Cl)O[C@@H]2[C@@H]1O. The number of ether oxygens (including phenoxy) is 3. The lowest BCUT2D eigenvalue weighted by molar-refractivity contribution is -0.188. The van der Waals surface area contributed by atoms with Crippen molar-refractivity contribution >= 4 is 34.8 Å². The molecule has 2 rings (SSSR count). The molecule has 0 radical (unpaired) electrons. The van der Waals surface area contributed by atoms with Gasteiger partial charge in [0.05, 0.1) is 6.61 Å². The molecule has 0 amide bonds. The highest BCUT2D eigenvalue weighted by Crippen LogP contribution is 2.42. The molecule has 3 N–H and O–H groups in total. The molecule has 2 heterocycles. The van der Waals surface area contributed by atoms with Gasteiger partial charge in [-0.1, -0.05) is 34.8 Å². The molecule has 0 aromatic heterocycles. The summed E-state index contributed by atoms with van der Waals surface area (Å²) in [7, 11) is 0. The largest absolute Gasteiger partial charge is 0.394 e. The minimum Gasteiger partial charge on any atom is -0.394 e. The number of aliphatic hydroxyl groups is 3. The minimum absolute atomic E-state index is 0.547. The fourth-order valence-electron chi connectivity index (χ4n) is 1.79. The molecule has 17 heavy (non-hydrogen) atoms. The van der Waals surface area contributed by atoms with Crippen molar-refractivity contribution in [1.82, 2.24) is 0 Å². The van der Waals surface area contributed by atoms with Gasteiger partial charge in [-0.2, -0.15) is 0 Å². The van der Waals surface area contributed by atoms with E-state index in [0.29, 0.717) is 0 Å². The number of aliphatic hydroxyl groups excluding tert-OH is 3. The molecule has 2 aliphatic heterocycles. The Balaban J connectivity index is 2.01. The first-order chi connectivity index (χ1) is 7.84. The van der Waals surface area contributed by atoms with Crippen LogP contribution in [0.2, 0.25) is 0 Å². The fourth-order valence-corrected chi connectivity index (χ4v) is 2.10.